The Morgan fingerprint density at radius 2 is 1.94 bits per heavy atom. The van der Waals surface area contributed by atoms with Crippen LogP contribution in [0.2, 0.25) is 0 Å². The van der Waals surface area contributed by atoms with Gasteiger partial charge in [-0.1, -0.05) is 32.0 Å². The molecule has 1 aromatic carbocycles. The van der Waals surface area contributed by atoms with Crippen LogP contribution in [0.5, 0.6) is 0 Å². The third-order valence-corrected chi connectivity index (χ3v) is 2.82. The van der Waals surface area contributed by atoms with Crippen LogP contribution in [0.3, 0.4) is 0 Å². The van der Waals surface area contributed by atoms with Crippen molar-refractivity contribution >= 4 is 10.9 Å². The molecule has 86 valence electrons. The van der Waals surface area contributed by atoms with Crippen LogP contribution in [0.25, 0.3) is 10.9 Å². The van der Waals surface area contributed by atoms with Gasteiger partial charge >= 0.3 is 0 Å². The van der Waals surface area contributed by atoms with Gasteiger partial charge in [-0.25, -0.2) is 0 Å². The van der Waals surface area contributed by atoms with Crippen LogP contribution in [0.15, 0.2) is 30.5 Å². The van der Waals surface area contributed by atoms with Gasteiger partial charge in [0.25, 0.3) is 0 Å². The van der Waals surface area contributed by atoms with E-state index in [-0.39, 0.29) is 0 Å². The lowest BCUT2D eigenvalue weighted by molar-refractivity contribution is 0.488. The first-order chi connectivity index (χ1) is 7.66. The third-order valence-electron chi connectivity index (χ3n) is 2.82. The molecule has 2 rings (SSSR count). The minimum atomic E-state index is 0.513. The first-order valence-corrected chi connectivity index (χ1v) is 5.98. The Kier molecular flexibility index (Phi) is 3.30. The van der Waals surface area contributed by atoms with Crippen molar-refractivity contribution in [3.63, 3.8) is 0 Å². The molecule has 1 heterocycles. The fourth-order valence-electron chi connectivity index (χ4n) is 2.26. The highest BCUT2D eigenvalue weighted by Crippen LogP contribution is 2.18. The largest absolute Gasteiger partial charge is 0.361 e. The predicted octanol–water partition coefficient (Wildman–Crippen LogP) is 3.10. The number of benzene rings is 1. The molecule has 2 nitrogen and oxygen atoms in total. The van der Waals surface area contributed by atoms with Gasteiger partial charge in [-0.05, 0) is 25.0 Å². The maximum Gasteiger partial charge on any atom is 0.0456 e. The van der Waals surface area contributed by atoms with Crippen LogP contribution >= 0.6 is 0 Å². The van der Waals surface area contributed by atoms with Gasteiger partial charge in [-0.3, -0.25) is 0 Å². The number of aromatic nitrogens is 1. The second-order valence-electron chi connectivity index (χ2n) is 4.79. The molecule has 0 radical (unpaired) electrons. The molecule has 0 amide bonds. The normalized spacial score (nSPS) is 13.5. The van der Waals surface area contributed by atoms with E-state index in [2.05, 4.69) is 61.5 Å². The average molecular weight is 216 g/mol. The number of H-pyrrole nitrogens is 1. The maximum absolute atomic E-state index is 3.53. The second kappa shape index (κ2) is 4.71. The van der Waals surface area contributed by atoms with E-state index in [1.165, 1.54) is 16.5 Å². The summed E-state index contributed by atoms with van der Waals surface area (Å²) in [5.74, 6) is 0. The number of fused-ring (bicyclic) bond motifs is 1. The van der Waals surface area contributed by atoms with E-state index in [1.54, 1.807) is 0 Å². The SMILES string of the molecule is CC(C)NC(C)Cc1c[nH]c2ccccc12. The minimum Gasteiger partial charge on any atom is -0.361 e. The molecule has 1 aromatic heterocycles. The number of rotatable bonds is 4. The predicted molar refractivity (Wildman–Crippen MR) is 69.7 cm³/mol. The summed E-state index contributed by atoms with van der Waals surface area (Å²) in [5.41, 5.74) is 2.63. The number of para-hydroxylation sites is 1. The summed E-state index contributed by atoms with van der Waals surface area (Å²) in [5, 5.41) is 4.88. The molecule has 0 aliphatic heterocycles. The van der Waals surface area contributed by atoms with E-state index in [0.717, 1.165) is 6.42 Å². The van der Waals surface area contributed by atoms with Crippen LogP contribution in [0.4, 0.5) is 0 Å². The van der Waals surface area contributed by atoms with E-state index in [4.69, 9.17) is 0 Å². The van der Waals surface area contributed by atoms with Gasteiger partial charge < -0.3 is 10.3 Å². The molecule has 2 aromatic rings. The zero-order valence-corrected chi connectivity index (χ0v) is 10.2. The minimum absolute atomic E-state index is 0.513. The first-order valence-electron chi connectivity index (χ1n) is 5.98. The standard InChI is InChI=1S/C14H20N2/c1-10(2)16-11(3)8-12-9-15-14-7-5-4-6-13(12)14/h4-7,9-11,15-16H,8H2,1-3H3. The zero-order valence-electron chi connectivity index (χ0n) is 10.2. The fourth-order valence-corrected chi connectivity index (χ4v) is 2.26. The zero-order chi connectivity index (χ0) is 11.5. The number of hydrogen-bond acceptors (Lipinski definition) is 1. The Balaban J connectivity index is 2.15. The van der Waals surface area contributed by atoms with Crippen molar-refractivity contribution in [2.45, 2.75) is 39.3 Å². The summed E-state index contributed by atoms with van der Waals surface area (Å²) in [6.45, 7) is 6.61. The van der Waals surface area contributed by atoms with Crippen molar-refractivity contribution in [3.8, 4) is 0 Å². The van der Waals surface area contributed by atoms with Crippen LogP contribution in [-0.4, -0.2) is 17.1 Å². The summed E-state index contributed by atoms with van der Waals surface area (Å²) in [6, 6.07) is 9.53. The number of nitrogens with one attached hydrogen (secondary N) is 2. The van der Waals surface area contributed by atoms with E-state index >= 15 is 0 Å². The molecule has 0 saturated carbocycles. The molecule has 0 saturated heterocycles. The van der Waals surface area contributed by atoms with Gasteiger partial charge in [0, 0.05) is 29.2 Å². The van der Waals surface area contributed by atoms with Gasteiger partial charge in [0.05, 0.1) is 0 Å². The molecule has 1 atom stereocenters. The van der Waals surface area contributed by atoms with E-state index < -0.39 is 0 Å². The van der Waals surface area contributed by atoms with Crippen molar-refractivity contribution in [1.29, 1.82) is 0 Å². The van der Waals surface area contributed by atoms with E-state index in [1.807, 2.05) is 0 Å². The molecule has 2 heteroatoms. The lowest BCUT2D eigenvalue weighted by Crippen LogP contribution is -2.33. The van der Waals surface area contributed by atoms with Gasteiger partial charge in [-0.2, -0.15) is 0 Å². The lowest BCUT2D eigenvalue weighted by Gasteiger charge is -2.16. The van der Waals surface area contributed by atoms with E-state index in [9.17, 15) is 0 Å². The molecular formula is C14H20N2. The topological polar surface area (TPSA) is 27.8 Å². The highest BCUT2D eigenvalue weighted by molar-refractivity contribution is 5.83. The quantitative estimate of drug-likeness (QED) is 0.807. The Labute approximate surface area is 97.1 Å². The third kappa shape index (κ3) is 2.45. The van der Waals surface area contributed by atoms with Crippen molar-refractivity contribution < 1.29 is 0 Å². The Morgan fingerprint density at radius 1 is 1.19 bits per heavy atom. The second-order valence-corrected chi connectivity index (χ2v) is 4.79. The van der Waals surface area contributed by atoms with Crippen molar-refractivity contribution in [2.75, 3.05) is 0 Å². The smallest absolute Gasteiger partial charge is 0.0456 e. The monoisotopic (exact) mass is 216 g/mol. The highest BCUT2D eigenvalue weighted by atomic mass is 14.9. The summed E-state index contributed by atoms with van der Waals surface area (Å²) in [4.78, 5) is 3.32. The van der Waals surface area contributed by atoms with Crippen molar-refractivity contribution in [2.24, 2.45) is 0 Å². The number of hydrogen-bond donors (Lipinski definition) is 2. The molecule has 0 aliphatic rings. The summed E-state index contributed by atoms with van der Waals surface area (Å²) in [6.07, 6.45) is 3.20. The molecule has 0 aliphatic carbocycles. The molecule has 0 fully saturated rings. The summed E-state index contributed by atoms with van der Waals surface area (Å²) in [7, 11) is 0. The molecule has 2 N–H and O–H groups in total. The molecule has 0 bridgehead atoms. The van der Waals surface area contributed by atoms with Crippen molar-refractivity contribution in [1.82, 2.24) is 10.3 Å². The molecular weight excluding hydrogens is 196 g/mol. The summed E-state index contributed by atoms with van der Waals surface area (Å²) >= 11 is 0. The Bertz CT molecular complexity index is 456. The average Bonchev–Trinajstić information content (AvgIpc) is 2.61. The first kappa shape index (κ1) is 11.2. The van der Waals surface area contributed by atoms with Crippen LogP contribution in [0.1, 0.15) is 26.3 Å². The van der Waals surface area contributed by atoms with E-state index in [0.29, 0.717) is 12.1 Å². The van der Waals surface area contributed by atoms with Crippen molar-refractivity contribution in [3.05, 3.63) is 36.0 Å². The van der Waals surface area contributed by atoms with Gasteiger partial charge in [0.1, 0.15) is 0 Å². The molecule has 0 spiro atoms. The molecule has 16 heavy (non-hydrogen) atoms. The van der Waals surface area contributed by atoms with Crippen LogP contribution in [0, 0.1) is 0 Å². The Morgan fingerprint density at radius 3 is 2.69 bits per heavy atom. The highest BCUT2D eigenvalue weighted by Gasteiger charge is 2.08. The maximum atomic E-state index is 3.53. The fraction of sp³-hybridized carbons (Fsp3) is 0.429. The van der Waals surface area contributed by atoms with Crippen LogP contribution < -0.4 is 5.32 Å². The van der Waals surface area contributed by atoms with Gasteiger partial charge in [0.15, 0.2) is 0 Å². The lowest BCUT2D eigenvalue weighted by atomic mass is 10.1. The summed E-state index contributed by atoms with van der Waals surface area (Å²) < 4.78 is 0. The Hall–Kier alpha value is -1.28. The molecule has 1 unspecified atom stereocenters. The number of aromatic amines is 1. The van der Waals surface area contributed by atoms with Crippen LogP contribution in [-0.2, 0) is 6.42 Å². The van der Waals surface area contributed by atoms with Gasteiger partial charge in [-0.15, -0.1) is 0 Å². The van der Waals surface area contributed by atoms with Gasteiger partial charge in [0.2, 0.25) is 0 Å².